The van der Waals surface area contributed by atoms with Crippen molar-refractivity contribution in [1.29, 1.82) is 0 Å². The van der Waals surface area contributed by atoms with E-state index in [4.69, 9.17) is 4.42 Å². The standard InChI is InChI=1S/C10H11N3O2/c1-7-3-4-15-10(7)8(14)5-9-11-6-12-13(9)2/h3-4,6H,5H2,1-2H3. The van der Waals surface area contributed by atoms with Gasteiger partial charge in [-0.05, 0) is 18.6 Å². The fourth-order valence-corrected chi connectivity index (χ4v) is 1.36. The maximum atomic E-state index is 11.8. The number of aryl methyl sites for hydroxylation is 2. The van der Waals surface area contributed by atoms with E-state index >= 15 is 0 Å². The van der Waals surface area contributed by atoms with Gasteiger partial charge in [0.15, 0.2) is 5.76 Å². The fourth-order valence-electron chi connectivity index (χ4n) is 1.36. The first-order valence-corrected chi connectivity index (χ1v) is 4.58. The number of carbonyl (C=O) groups is 1. The number of hydrogen-bond donors (Lipinski definition) is 0. The average molecular weight is 205 g/mol. The minimum Gasteiger partial charge on any atom is -0.461 e. The molecule has 2 heterocycles. The van der Waals surface area contributed by atoms with Crippen LogP contribution >= 0.6 is 0 Å². The van der Waals surface area contributed by atoms with Crippen LogP contribution in [0.15, 0.2) is 23.1 Å². The zero-order chi connectivity index (χ0) is 10.8. The Balaban J connectivity index is 2.18. The predicted molar refractivity (Wildman–Crippen MR) is 52.5 cm³/mol. The molecule has 0 unspecified atom stereocenters. The molecule has 0 aromatic carbocycles. The molecule has 0 radical (unpaired) electrons. The van der Waals surface area contributed by atoms with Crippen molar-refractivity contribution < 1.29 is 9.21 Å². The number of carbonyl (C=O) groups excluding carboxylic acids is 1. The molecule has 0 aliphatic heterocycles. The van der Waals surface area contributed by atoms with Crippen LogP contribution in [0.1, 0.15) is 21.9 Å². The quantitative estimate of drug-likeness (QED) is 0.705. The van der Waals surface area contributed by atoms with E-state index in [1.165, 1.54) is 12.6 Å². The number of Topliss-reactive ketones (excluding diaryl/α,β-unsaturated/α-hetero) is 1. The van der Waals surface area contributed by atoms with Crippen LogP contribution in [0.4, 0.5) is 0 Å². The lowest BCUT2D eigenvalue weighted by Gasteiger charge is -1.98. The molecule has 0 amide bonds. The Morgan fingerprint density at radius 3 is 2.93 bits per heavy atom. The molecule has 0 saturated carbocycles. The molecular weight excluding hydrogens is 194 g/mol. The van der Waals surface area contributed by atoms with Crippen molar-refractivity contribution in [1.82, 2.24) is 14.8 Å². The molecule has 5 heteroatoms. The SMILES string of the molecule is Cc1ccoc1C(=O)Cc1ncnn1C. The van der Waals surface area contributed by atoms with E-state index in [9.17, 15) is 4.79 Å². The van der Waals surface area contributed by atoms with Crippen molar-refractivity contribution in [3.8, 4) is 0 Å². The number of hydrogen-bond acceptors (Lipinski definition) is 4. The summed E-state index contributed by atoms with van der Waals surface area (Å²) < 4.78 is 6.69. The van der Waals surface area contributed by atoms with E-state index in [1.54, 1.807) is 17.8 Å². The molecule has 0 atom stereocenters. The Morgan fingerprint density at radius 1 is 1.60 bits per heavy atom. The largest absolute Gasteiger partial charge is 0.461 e. The van der Waals surface area contributed by atoms with Gasteiger partial charge in [-0.3, -0.25) is 9.48 Å². The summed E-state index contributed by atoms with van der Waals surface area (Å²) in [5, 5.41) is 3.90. The fraction of sp³-hybridized carbons (Fsp3) is 0.300. The number of furan rings is 1. The normalized spacial score (nSPS) is 10.5. The third kappa shape index (κ3) is 1.81. The van der Waals surface area contributed by atoms with Crippen molar-refractivity contribution in [2.24, 2.45) is 7.05 Å². The van der Waals surface area contributed by atoms with Crippen LogP contribution in [-0.4, -0.2) is 20.5 Å². The van der Waals surface area contributed by atoms with Gasteiger partial charge in [0.2, 0.25) is 5.78 Å². The zero-order valence-corrected chi connectivity index (χ0v) is 8.60. The van der Waals surface area contributed by atoms with Crippen LogP contribution in [0.25, 0.3) is 0 Å². The molecule has 2 aromatic rings. The van der Waals surface area contributed by atoms with E-state index in [0.29, 0.717) is 11.6 Å². The van der Waals surface area contributed by atoms with Gasteiger partial charge in [0.25, 0.3) is 0 Å². The van der Waals surface area contributed by atoms with Crippen LogP contribution in [0.3, 0.4) is 0 Å². The van der Waals surface area contributed by atoms with Crippen molar-refractivity contribution >= 4 is 5.78 Å². The second kappa shape index (κ2) is 3.68. The molecular formula is C10H11N3O2. The lowest BCUT2D eigenvalue weighted by molar-refractivity contribution is 0.0962. The first-order chi connectivity index (χ1) is 7.18. The van der Waals surface area contributed by atoms with Crippen molar-refractivity contribution in [3.63, 3.8) is 0 Å². The summed E-state index contributed by atoms with van der Waals surface area (Å²) in [4.78, 5) is 15.8. The van der Waals surface area contributed by atoms with Gasteiger partial charge in [-0.15, -0.1) is 0 Å². The Labute approximate surface area is 86.7 Å². The summed E-state index contributed by atoms with van der Waals surface area (Å²) in [6.45, 7) is 1.84. The van der Waals surface area contributed by atoms with E-state index in [0.717, 1.165) is 5.56 Å². The highest BCUT2D eigenvalue weighted by Crippen LogP contribution is 2.11. The molecule has 2 aromatic heterocycles. The lowest BCUT2D eigenvalue weighted by atomic mass is 10.1. The first kappa shape index (κ1) is 9.64. The molecule has 78 valence electrons. The average Bonchev–Trinajstić information content (AvgIpc) is 2.76. The molecule has 0 bridgehead atoms. The maximum Gasteiger partial charge on any atom is 0.205 e. The van der Waals surface area contributed by atoms with Crippen LogP contribution in [0.5, 0.6) is 0 Å². The summed E-state index contributed by atoms with van der Waals surface area (Å²) in [5.74, 6) is 0.961. The highest BCUT2D eigenvalue weighted by molar-refractivity contribution is 5.95. The summed E-state index contributed by atoms with van der Waals surface area (Å²) in [7, 11) is 1.75. The van der Waals surface area contributed by atoms with Gasteiger partial charge in [0, 0.05) is 7.05 Å². The van der Waals surface area contributed by atoms with Gasteiger partial charge in [-0.2, -0.15) is 5.10 Å². The molecule has 2 rings (SSSR count). The molecule has 0 aliphatic rings. The molecule has 0 N–H and O–H groups in total. The smallest absolute Gasteiger partial charge is 0.205 e. The topological polar surface area (TPSA) is 60.9 Å². The monoisotopic (exact) mass is 205 g/mol. The number of ketones is 1. The van der Waals surface area contributed by atoms with Gasteiger partial charge in [-0.1, -0.05) is 0 Å². The predicted octanol–water partition coefficient (Wildman–Crippen LogP) is 1.14. The summed E-state index contributed by atoms with van der Waals surface area (Å²) in [5.41, 5.74) is 0.849. The first-order valence-electron chi connectivity index (χ1n) is 4.58. The van der Waals surface area contributed by atoms with Gasteiger partial charge < -0.3 is 4.42 Å². The van der Waals surface area contributed by atoms with Crippen LogP contribution in [-0.2, 0) is 13.5 Å². The highest BCUT2D eigenvalue weighted by Gasteiger charge is 2.15. The molecule has 5 nitrogen and oxygen atoms in total. The lowest BCUT2D eigenvalue weighted by Crippen LogP contribution is -2.09. The van der Waals surface area contributed by atoms with Gasteiger partial charge in [0.05, 0.1) is 12.7 Å². The van der Waals surface area contributed by atoms with Crippen molar-refractivity contribution in [2.45, 2.75) is 13.3 Å². The molecule has 15 heavy (non-hydrogen) atoms. The van der Waals surface area contributed by atoms with E-state index in [1.807, 2.05) is 6.92 Å². The van der Waals surface area contributed by atoms with Crippen LogP contribution in [0, 0.1) is 6.92 Å². The molecule has 0 aliphatic carbocycles. The van der Waals surface area contributed by atoms with Gasteiger partial charge in [0.1, 0.15) is 12.2 Å². The van der Waals surface area contributed by atoms with Crippen molar-refractivity contribution in [3.05, 3.63) is 35.8 Å². The summed E-state index contributed by atoms with van der Waals surface area (Å²) >= 11 is 0. The van der Waals surface area contributed by atoms with Crippen molar-refractivity contribution in [2.75, 3.05) is 0 Å². The third-order valence-electron chi connectivity index (χ3n) is 2.24. The number of aromatic nitrogens is 3. The second-order valence-electron chi connectivity index (χ2n) is 3.33. The maximum absolute atomic E-state index is 11.8. The molecule has 0 saturated heterocycles. The summed E-state index contributed by atoms with van der Waals surface area (Å²) in [6, 6.07) is 1.77. The van der Waals surface area contributed by atoms with E-state index in [2.05, 4.69) is 10.1 Å². The van der Waals surface area contributed by atoms with Gasteiger partial charge >= 0.3 is 0 Å². The minimum absolute atomic E-state index is 0.0754. The Morgan fingerprint density at radius 2 is 2.40 bits per heavy atom. The van der Waals surface area contributed by atoms with Gasteiger partial charge in [-0.25, -0.2) is 4.98 Å². The second-order valence-corrected chi connectivity index (χ2v) is 3.33. The minimum atomic E-state index is -0.0754. The Bertz CT molecular complexity index is 484. The number of nitrogens with zero attached hydrogens (tertiary/aromatic N) is 3. The summed E-state index contributed by atoms with van der Waals surface area (Å²) in [6.07, 6.45) is 3.15. The molecule has 0 spiro atoms. The van der Waals surface area contributed by atoms with Crippen LogP contribution in [0.2, 0.25) is 0 Å². The highest BCUT2D eigenvalue weighted by atomic mass is 16.3. The van der Waals surface area contributed by atoms with Crippen LogP contribution < -0.4 is 0 Å². The Kier molecular flexibility index (Phi) is 2.37. The van der Waals surface area contributed by atoms with E-state index < -0.39 is 0 Å². The zero-order valence-electron chi connectivity index (χ0n) is 8.60. The Hall–Kier alpha value is -1.91. The third-order valence-corrected chi connectivity index (χ3v) is 2.24. The number of rotatable bonds is 3. The van der Waals surface area contributed by atoms with E-state index in [-0.39, 0.29) is 12.2 Å². The molecule has 0 fully saturated rings.